The third-order valence-corrected chi connectivity index (χ3v) is 8.05. The third-order valence-electron chi connectivity index (χ3n) is 8.05. The Hall–Kier alpha value is -4.18. The van der Waals surface area contributed by atoms with Gasteiger partial charge in [0.05, 0.1) is 13.2 Å². The van der Waals surface area contributed by atoms with E-state index in [0.717, 1.165) is 74.9 Å². The number of alkyl carbamates (subject to hydrolysis) is 1. The first-order valence-electron chi connectivity index (χ1n) is 15.4. The minimum atomic E-state index is -0.608. The van der Waals surface area contributed by atoms with E-state index in [0.29, 0.717) is 12.5 Å². The second-order valence-electron chi connectivity index (χ2n) is 12.6. The van der Waals surface area contributed by atoms with E-state index in [1.54, 1.807) is 11.9 Å². The molecule has 0 radical (unpaired) electrons. The van der Waals surface area contributed by atoms with Gasteiger partial charge in [0.2, 0.25) is 5.95 Å². The molecule has 1 aromatic heterocycles. The van der Waals surface area contributed by atoms with Crippen molar-refractivity contribution in [3.63, 3.8) is 0 Å². The van der Waals surface area contributed by atoms with Crippen LogP contribution in [0.1, 0.15) is 50.7 Å². The van der Waals surface area contributed by atoms with Crippen LogP contribution in [0.25, 0.3) is 11.1 Å². The first-order valence-corrected chi connectivity index (χ1v) is 15.4. The minimum absolute atomic E-state index is 0.277. The molecule has 2 saturated heterocycles. The number of nitrogens with one attached hydrogen (secondary N) is 1. The Balaban J connectivity index is 1.15. The molecule has 2 amide bonds. The van der Waals surface area contributed by atoms with E-state index in [-0.39, 0.29) is 12.5 Å². The van der Waals surface area contributed by atoms with Crippen LogP contribution in [0.3, 0.4) is 0 Å². The second-order valence-corrected chi connectivity index (χ2v) is 12.6. The first kappa shape index (κ1) is 31.3. The maximum Gasteiger partial charge on any atom is 0.408 e. The molecule has 3 aromatic rings. The maximum atomic E-state index is 12.5. The lowest BCUT2D eigenvalue weighted by Crippen LogP contribution is -2.42. The molecule has 3 heterocycles. The van der Waals surface area contributed by atoms with Crippen LogP contribution >= 0.6 is 0 Å². The molecule has 0 bridgehead atoms. The minimum Gasteiger partial charge on any atom is -0.439 e. The predicted molar refractivity (Wildman–Crippen MR) is 172 cm³/mol. The number of benzene rings is 2. The van der Waals surface area contributed by atoms with Crippen LogP contribution in [-0.4, -0.2) is 85.5 Å². The highest BCUT2D eigenvalue weighted by molar-refractivity contribution is 5.80. The van der Waals surface area contributed by atoms with Gasteiger partial charge in [0, 0.05) is 69.0 Å². The zero-order valence-electron chi connectivity index (χ0n) is 26.3. The number of amides is 2. The number of carbonyl (C=O) groups is 2. The molecule has 44 heavy (non-hydrogen) atoms. The summed E-state index contributed by atoms with van der Waals surface area (Å²) in [6, 6.07) is 16.8. The molecule has 0 aliphatic carbocycles. The highest BCUT2D eigenvalue weighted by Crippen LogP contribution is 2.36. The first-order chi connectivity index (χ1) is 21.2. The van der Waals surface area contributed by atoms with Crippen LogP contribution in [0.2, 0.25) is 0 Å². The van der Waals surface area contributed by atoms with Crippen molar-refractivity contribution < 1.29 is 19.1 Å². The number of carbonyl (C=O) groups excluding carboxylic acids is 2. The fraction of sp³-hybridized carbons (Fsp3) is 0.471. The Labute approximate surface area is 260 Å². The van der Waals surface area contributed by atoms with Gasteiger partial charge in [-0.15, -0.1) is 0 Å². The Kier molecular flexibility index (Phi) is 9.99. The van der Waals surface area contributed by atoms with Gasteiger partial charge in [-0.05, 0) is 68.4 Å². The number of aromatic nitrogens is 2. The molecule has 10 nitrogen and oxygen atoms in total. The van der Waals surface area contributed by atoms with Crippen molar-refractivity contribution in [3.8, 4) is 11.1 Å². The quantitative estimate of drug-likeness (QED) is 0.392. The van der Waals surface area contributed by atoms with Gasteiger partial charge in [0.25, 0.3) is 5.91 Å². The molecule has 0 spiro atoms. The Bertz CT molecular complexity index is 1410. The highest BCUT2D eigenvalue weighted by Gasteiger charge is 2.26. The second kappa shape index (κ2) is 14.1. The van der Waals surface area contributed by atoms with Gasteiger partial charge < -0.3 is 29.5 Å². The smallest absolute Gasteiger partial charge is 0.408 e. The summed E-state index contributed by atoms with van der Waals surface area (Å²) in [6.45, 7) is 10.9. The van der Waals surface area contributed by atoms with Gasteiger partial charge in [-0.1, -0.05) is 36.4 Å². The number of ether oxygens (including phenoxy) is 2. The van der Waals surface area contributed by atoms with E-state index in [2.05, 4.69) is 39.4 Å². The van der Waals surface area contributed by atoms with E-state index in [1.165, 1.54) is 11.3 Å². The van der Waals surface area contributed by atoms with Crippen LogP contribution in [0, 0.1) is 0 Å². The van der Waals surface area contributed by atoms with Crippen molar-refractivity contribution in [1.82, 2.24) is 20.2 Å². The molecule has 2 aliphatic heterocycles. The average Bonchev–Trinajstić information content (AvgIpc) is 3.03. The molecule has 5 rings (SSSR count). The van der Waals surface area contributed by atoms with Crippen molar-refractivity contribution in [3.05, 3.63) is 72.1 Å². The fourth-order valence-corrected chi connectivity index (χ4v) is 5.74. The average molecular weight is 601 g/mol. The fourth-order valence-electron chi connectivity index (χ4n) is 5.74. The number of nitrogens with zero attached hydrogens (tertiary/aromatic N) is 5. The molecule has 2 aromatic carbocycles. The van der Waals surface area contributed by atoms with Crippen molar-refractivity contribution >= 4 is 23.6 Å². The summed E-state index contributed by atoms with van der Waals surface area (Å²) in [6.07, 6.45) is 5.26. The molecule has 2 aliphatic rings. The van der Waals surface area contributed by atoms with E-state index in [9.17, 15) is 9.59 Å². The summed E-state index contributed by atoms with van der Waals surface area (Å²) in [5.41, 5.74) is 5.22. The number of hydrogen-bond donors (Lipinski definition) is 1. The molecule has 0 unspecified atom stereocenters. The topological polar surface area (TPSA) is 100 Å². The lowest BCUT2D eigenvalue weighted by Gasteiger charge is -2.36. The Morgan fingerprint density at radius 3 is 2.36 bits per heavy atom. The van der Waals surface area contributed by atoms with Gasteiger partial charge in [-0.2, -0.15) is 0 Å². The van der Waals surface area contributed by atoms with Gasteiger partial charge in [0.1, 0.15) is 0 Å². The SMILES string of the molecule is CN(Cc1cccc(-c2cnc(N3CCC(c4ccccc4N4CCOCC4)CC3)nc2)c1)C(=O)COC(=O)NC(C)(C)C. The molecule has 0 saturated carbocycles. The zero-order valence-corrected chi connectivity index (χ0v) is 26.3. The summed E-state index contributed by atoms with van der Waals surface area (Å²) in [7, 11) is 1.70. The zero-order chi connectivity index (χ0) is 31.1. The van der Waals surface area contributed by atoms with Gasteiger partial charge in [0.15, 0.2) is 6.61 Å². The van der Waals surface area contributed by atoms with Crippen LogP contribution in [0.5, 0.6) is 0 Å². The maximum absolute atomic E-state index is 12.5. The number of hydrogen-bond acceptors (Lipinski definition) is 8. The molecule has 0 atom stereocenters. The molecule has 1 N–H and O–H groups in total. The lowest BCUT2D eigenvalue weighted by molar-refractivity contribution is -0.133. The normalized spacial score (nSPS) is 16.0. The molecular weight excluding hydrogens is 556 g/mol. The van der Waals surface area contributed by atoms with Crippen molar-refractivity contribution in [2.75, 3.05) is 62.8 Å². The largest absolute Gasteiger partial charge is 0.439 e. The van der Waals surface area contributed by atoms with Gasteiger partial charge >= 0.3 is 6.09 Å². The molecule has 234 valence electrons. The van der Waals surface area contributed by atoms with E-state index in [1.807, 2.05) is 57.4 Å². The number of anilines is 2. The van der Waals surface area contributed by atoms with E-state index >= 15 is 0 Å². The Morgan fingerprint density at radius 1 is 0.955 bits per heavy atom. The molecule has 10 heteroatoms. The predicted octanol–water partition coefficient (Wildman–Crippen LogP) is 4.85. The van der Waals surface area contributed by atoms with Crippen molar-refractivity contribution in [1.29, 1.82) is 0 Å². The Morgan fingerprint density at radius 2 is 1.66 bits per heavy atom. The van der Waals surface area contributed by atoms with Crippen molar-refractivity contribution in [2.45, 2.75) is 51.6 Å². The van der Waals surface area contributed by atoms with Crippen LogP contribution < -0.4 is 15.1 Å². The molecular formula is C34H44N6O4. The van der Waals surface area contributed by atoms with Gasteiger partial charge in [-0.3, -0.25) is 4.79 Å². The van der Waals surface area contributed by atoms with Crippen LogP contribution in [0.15, 0.2) is 60.9 Å². The van der Waals surface area contributed by atoms with Crippen LogP contribution in [-0.2, 0) is 20.8 Å². The summed E-state index contributed by atoms with van der Waals surface area (Å²) in [4.78, 5) is 40.2. The lowest BCUT2D eigenvalue weighted by atomic mass is 9.88. The van der Waals surface area contributed by atoms with E-state index in [4.69, 9.17) is 19.4 Å². The number of morpholine rings is 1. The van der Waals surface area contributed by atoms with E-state index < -0.39 is 11.6 Å². The van der Waals surface area contributed by atoms with Crippen molar-refractivity contribution in [2.24, 2.45) is 0 Å². The summed E-state index contributed by atoms with van der Waals surface area (Å²) < 4.78 is 10.7. The number of para-hydroxylation sites is 1. The number of likely N-dealkylation sites (N-methyl/N-ethyl adjacent to an activating group) is 1. The molecule has 2 fully saturated rings. The summed E-state index contributed by atoms with van der Waals surface area (Å²) in [5, 5.41) is 2.68. The summed E-state index contributed by atoms with van der Waals surface area (Å²) in [5.74, 6) is 0.996. The third kappa shape index (κ3) is 8.25. The van der Waals surface area contributed by atoms with Crippen LogP contribution in [0.4, 0.5) is 16.4 Å². The highest BCUT2D eigenvalue weighted by atomic mass is 16.6. The standard InChI is InChI=1S/C34H44N6O4/c1-34(2,3)37-33(42)44-24-31(41)38(4)23-25-8-7-9-27(20-25)28-21-35-32(36-22-28)40-14-12-26(13-15-40)29-10-5-6-11-30(29)39-16-18-43-19-17-39/h5-11,20-22,26H,12-19,23-24H2,1-4H3,(H,37,42). The van der Waals surface area contributed by atoms with Gasteiger partial charge in [-0.25, -0.2) is 14.8 Å². The monoisotopic (exact) mass is 600 g/mol. The number of rotatable bonds is 8. The number of piperidine rings is 1. The summed E-state index contributed by atoms with van der Waals surface area (Å²) >= 11 is 0.